The van der Waals surface area contributed by atoms with Crippen molar-refractivity contribution in [2.24, 2.45) is 0 Å². The smallest absolute Gasteiger partial charge is 0.162 e. The highest BCUT2D eigenvalue weighted by atomic mass is 32.2. The normalized spacial score (nSPS) is 24.9. The molecule has 0 radical (unpaired) electrons. The first kappa shape index (κ1) is 14.1. The zero-order valence-corrected chi connectivity index (χ0v) is 12.9. The van der Waals surface area contributed by atoms with Gasteiger partial charge in [0.1, 0.15) is 13.2 Å². The molecule has 0 saturated heterocycles. The van der Waals surface area contributed by atoms with Crippen molar-refractivity contribution >= 4 is 11.8 Å². The lowest BCUT2D eigenvalue weighted by Crippen LogP contribution is -2.27. The Morgan fingerprint density at radius 1 is 1.20 bits per heavy atom. The summed E-state index contributed by atoms with van der Waals surface area (Å²) in [6.07, 6.45) is 5.11. The summed E-state index contributed by atoms with van der Waals surface area (Å²) >= 11 is 1.99. The van der Waals surface area contributed by atoms with Crippen LogP contribution in [0.2, 0.25) is 0 Å². The molecule has 0 amide bonds. The second-order valence-electron chi connectivity index (χ2n) is 5.51. The molecular weight excluding hydrogens is 270 g/mol. The molecule has 1 aliphatic carbocycles. The molecule has 110 valence electrons. The van der Waals surface area contributed by atoms with Crippen molar-refractivity contribution in [3.05, 3.63) is 18.2 Å². The molecular formula is C16H23NO2S. The highest BCUT2D eigenvalue weighted by Gasteiger charge is 2.25. The van der Waals surface area contributed by atoms with Gasteiger partial charge >= 0.3 is 0 Å². The number of hydrogen-bond donors (Lipinski definition) is 1. The second kappa shape index (κ2) is 6.72. The van der Waals surface area contributed by atoms with Gasteiger partial charge < -0.3 is 14.8 Å². The van der Waals surface area contributed by atoms with Gasteiger partial charge in [0.05, 0.1) is 0 Å². The lowest BCUT2D eigenvalue weighted by molar-refractivity contribution is 0.171. The van der Waals surface area contributed by atoms with Crippen LogP contribution in [-0.4, -0.2) is 31.1 Å². The minimum Gasteiger partial charge on any atom is -0.486 e. The van der Waals surface area contributed by atoms with Gasteiger partial charge in [0.15, 0.2) is 11.5 Å². The number of nitrogens with one attached hydrogen (secondary N) is 1. The molecule has 2 aliphatic rings. The first-order valence-corrected chi connectivity index (χ1v) is 8.53. The van der Waals surface area contributed by atoms with Gasteiger partial charge in [0.2, 0.25) is 0 Å². The molecule has 1 heterocycles. The largest absolute Gasteiger partial charge is 0.486 e. The number of fused-ring (bicyclic) bond motifs is 1. The summed E-state index contributed by atoms with van der Waals surface area (Å²) in [5.41, 5.74) is 0. The topological polar surface area (TPSA) is 30.5 Å². The molecule has 2 atom stereocenters. The Morgan fingerprint density at radius 3 is 2.90 bits per heavy atom. The Balaban J connectivity index is 1.56. The fourth-order valence-electron chi connectivity index (χ4n) is 2.87. The van der Waals surface area contributed by atoms with Crippen molar-refractivity contribution in [2.75, 3.05) is 19.8 Å². The van der Waals surface area contributed by atoms with Crippen molar-refractivity contribution in [1.82, 2.24) is 5.32 Å². The van der Waals surface area contributed by atoms with Crippen LogP contribution in [0.5, 0.6) is 11.5 Å². The predicted octanol–water partition coefficient (Wildman–Crippen LogP) is 3.47. The van der Waals surface area contributed by atoms with Crippen molar-refractivity contribution in [3.8, 4) is 11.5 Å². The van der Waals surface area contributed by atoms with Gasteiger partial charge in [-0.3, -0.25) is 0 Å². The van der Waals surface area contributed by atoms with Gasteiger partial charge in [0.25, 0.3) is 0 Å². The maximum Gasteiger partial charge on any atom is 0.162 e. The average Bonchev–Trinajstić information content (AvgIpc) is 2.92. The standard InChI is InChI=1S/C16H23NO2S/c1-2-7-17-12-3-4-13(10-12)20-14-5-6-15-16(11-14)19-9-8-18-15/h5-6,11-13,17H,2-4,7-10H2,1H3. The van der Waals surface area contributed by atoms with Gasteiger partial charge in [-0.25, -0.2) is 0 Å². The summed E-state index contributed by atoms with van der Waals surface area (Å²) in [7, 11) is 0. The summed E-state index contributed by atoms with van der Waals surface area (Å²) in [5.74, 6) is 1.79. The molecule has 3 nitrogen and oxygen atoms in total. The third kappa shape index (κ3) is 3.41. The number of thioether (sulfide) groups is 1. The number of rotatable bonds is 5. The molecule has 4 heteroatoms. The summed E-state index contributed by atoms with van der Waals surface area (Å²) in [4.78, 5) is 1.30. The van der Waals surface area contributed by atoms with Gasteiger partial charge in [-0.15, -0.1) is 11.8 Å². The number of benzene rings is 1. The molecule has 1 aliphatic heterocycles. The van der Waals surface area contributed by atoms with E-state index in [9.17, 15) is 0 Å². The first-order chi connectivity index (χ1) is 9.85. The van der Waals surface area contributed by atoms with E-state index in [0.717, 1.165) is 23.3 Å². The summed E-state index contributed by atoms with van der Waals surface area (Å²) < 4.78 is 11.2. The van der Waals surface area contributed by atoms with Crippen LogP contribution in [0.25, 0.3) is 0 Å². The maximum atomic E-state index is 5.65. The Morgan fingerprint density at radius 2 is 2.05 bits per heavy atom. The van der Waals surface area contributed by atoms with E-state index in [1.165, 1.54) is 30.6 Å². The van der Waals surface area contributed by atoms with Crippen LogP contribution in [-0.2, 0) is 0 Å². The van der Waals surface area contributed by atoms with E-state index in [4.69, 9.17) is 9.47 Å². The first-order valence-electron chi connectivity index (χ1n) is 7.65. The third-order valence-electron chi connectivity index (χ3n) is 3.88. The summed E-state index contributed by atoms with van der Waals surface area (Å²) in [6.45, 7) is 4.69. The third-order valence-corrected chi connectivity index (χ3v) is 5.17. The Hall–Kier alpha value is -0.870. The maximum absolute atomic E-state index is 5.65. The lowest BCUT2D eigenvalue weighted by Gasteiger charge is -2.19. The van der Waals surface area contributed by atoms with Gasteiger partial charge in [-0.1, -0.05) is 6.92 Å². The van der Waals surface area contributed by atoms with Gasteiger partial charge in [0, 0.05) is 16.2 Å². The Bertz CT molecular complexity index is 452. The molecule has 1 aromatic carbocycles. The zero-order chi connectivity index (χ0) is 13.8. The van der Waals surface area contributed by atoms with E-state index in [-0.39, 0.29) is 0 Å². The molecule has 20 heavy (non-hydrogen) atoms. The molecule has 1 N–H and O–H groups in total. The van der Waals surface area contributed by atoms with E-state index in [1.807, 2.05) is 17.8 Å². The van der Waals surface area contributed by atoms with Gasteiger partial charge in [-0.05, 0) is 50.4 Å². The quantitative estimate of drug-likeness (QED) is 0.900. The summed E-state index contributed by atoms with van der Waals surface area (Å²) in [5, 5.41) is 4.37. The van der Waals surface area contributed by atoms with Gasteiger partial charge in [-0.2, -0.15) is 0 Å². The zero-order valence-electron chi connectivity index (χ0n) is 12.1. The molecule has 1 aromatic rings. The van der Waals surface area contributed by atoms with Crippen LogP contribution in [0, 0.1) is 0 Å². The Kier molecular flexibility index (Phi) is 4.73. The highest BCUT2D eigenvalue weighted by Crippen LogP contribution is 2.39. The molecule has 3 rings (SSSR count). The van der Waals surface area contributed by atoms with Crippen LogP contribution in [0.3, 0.4) is 0 Å². The van der Waals surface area contributed by atoms with E-state index in [1.54, 1.807) is 0 Å². The SMILES string of the molecule is CCCNC1CCC(Sc2ccc3c(c2)OCCO3)C1. The van der Waals surface area contributed by atoms with Crippen molar-refractivity contribution in [1.29, 1.82) is 0 Å². The number of ether oxygens (including phenoxy) is 2. The minimum absolute atomic E-state index is 0.660. The van der Waals surface area contributed by atoms with Crippen LogP contribution in [0.15, 0.2) is 23.1 Å². The highest BCUT2D eigenvalue weighted by molar-refractivity contribution is 8.00. The monoisotopic (exact) mass is 293 g/mol. The molecule has 1 saturated carbocycles. The van der Waals surface area contributed by atoms with Crippen molar-refractivity contribution < 1.29 is 9.47 Å². The number of hydrogen-bond acceptors (Lipinski definition) is 4. The Labute approximate surface area is 125 Å². The molecule has 1 fully saturated rings. The van der Waals surface area contributed by atoms with E-state index in [0.29, 0.717) is 19.3 Å². The van der Waals surface area contributed by atoms with E-state index in [2.05, 4.69) is 24.4 Å². The fraction of sp³-hybridized carbons (Fsp3) is 0.625. The van der Waals surface area contributed by atoms with E-state index >= 15 is 0 Å². The molecule has 2 unspecified atom stereocenters. The van der Waals surface area contributed by atoms with Crippen LogP contribution in [0.1, 0.15) is 32.6 Å². The minimum atomic E-state index is 0.660. The molecule has 0 spiro atoms. The fourth-order valence-corrected chi connectivity index (χ4v) is 4.16. The summed E-state index contributed by atoms with van der Waals surface area (Å²) in [6, 6.07) is 7.04. The van der Waals surface area contributed by atoms with Crippen LogP contribution >= 0.6 is 11.8 Å². The van der Waals surface area contributed by atoms with Crippen LogP contribution in [0.4, 0.5) is 0 Å². The van der Waals surface area contributed by atoms with Crippen molar-refractivity contribution in [2.45, 2.75) is 48.8 Å². The lowest BCUT2D eigenvalue weighted by atomic mass is 10.2. The molecule has 0 bridgehead atoms. The van der Waals surface area contributed by atoms with Crippen LogP contribution < -0.4 is 14.8 Å². The average molecular weight is 293 g/mol. The second-order valence-corrected chi connectivity index (χ2v) is 6.88. The van der Waals surface area contributed by atoms with Crippen molar-refractivity contribution in [3.63, 3.8) is 0 Å². The van der Waals surface area contributed by atoms with E-state index < -0.39 is 0 Å². The predicted molar refractivity (Wildman–Crippen MR) is 83.0 cm³/mol. The molecule has 0 aromatic heterocycles.